The van der Waals surface area contributed by atoms with Crippen LogP contribution in [0.3, 0.4) is 0 Å². The van der Waals surface area contributed by atoms with E-state index in [1.54, 1.807) is 29.2 Å². The summed E-state index contributed by atoms with van der Waals surface area (Å²) in [6.07, 6.45) is 1.44. The zero-order chi connectivity index (χ0) is 17.8. The lowest BCUT2D eigenvalue weighted by molar-refractivity contribution is -0.00764. The van der Waals surface area contributed by atoms with Crippen molar-refractivity contribution in [1.29, 1.82) is 0 Å². The highest BCUT2D eigenvalue weighted by atomic mass is 35.5. The number of hydrogen-bond donors (Lipinski definition) is 0. The summed E-state index contributed by atoms with van der Waals surface area (Å²) in [4.78, 5) is 14.3. The minimum atomic E-state index is -0.620. The van der Waals surface area contributed by atoms with Gasteiger partial charge in [-0.2, -0.15) is 0 Å². The lowest BCUT2D eigenvalue weighted by Gasteiger charge is -2.32. The fourth-order valence-electron chi connectivity index (χ4n) is 2.88. The number of amides is 1. The van der Waals surface area contributed by atoms with E-state index in [1.807, 2.05) is 0 Å². The molecule has 1 saturated heterocycles. The quantitative estimate of drug-likeness (QED) is 0.801. The molecular formula is C19H18ClF2NO2. The first-order chi connectivity index (χ1) is 12.0. The molecular weight excluding hydrogens is 348 g/mol. The Balaban J connectivity index is 1.59. The third kappa shape index (κ3) is 4.55. The first-order valence-electron chi connectivity index (χ1n) is 8.13. The summed E-state index contributed by atoms with van der Waals surface area (Å²) in [6.45, 7) is 1.16. The number of halogens is 3. The van der Waals surface area contributed by atoms with Crippen LogP contribution in [0, 0.1) is 11.6 Å². The molecule has 0 saturated carbocycles. The molecule has 1 atom stereocenters. The number of hydrogen-bond acceptors (Lipinski definition) is 2. The van der Waals surface area contributed by atoms with Crippen LogP contribution < -0.4 is 0 Å². The van der Waals surface area contributed by atoms with Crippen LogP contribution in [0.1, 0.15) is 28.8 Å². The predicted molar refractivity (Wildman–Crippen MR) is 91.5 cm³/mol. The van der Waals surface area contributed by atoms with E-state index in [-0.39, 0.29) is 18.6 Å². The standard InChI is InChI=1S/C19H18ClF2NO2/c20-15-6-3-13(4-7-15)19(24)23-9-1-2-17(11-23)25-12-14-5-8-16(21)10-18(14)22/h3-8,10,17H,1-2,9,11-12H2/t17-/m1/s1. The van der Waals surface area contributed by atoms with E-state index in [1.165, 1.54) is 12.1 Å². The molecule has 0 aliphatic carbocycles. The molecule has 132 valence electrons. The monoisotopic (exact) mass is 365 g/mol. The highest BCUT2D eigenvalue weighted by molar-refractivity contribution is 6.30. The largest absolute Gasteiger partial charge is 0.372 e. The highest BCUT2D eigenvalue weighted by Crippen LogP contribution is 2.19. The molecule has 3 rings (SSSR count). The average Bonchev–Trinajstić information content (AvgIpc) is 2.61. The number of ether oxygens (including phenoxy) is 1. The molecule has 2 aromatic carbocycles. The Kier molecular flexibility index (Phi) is 5.66. The Bertz CT molecular complexity index is 752. The first-order valence-corrected chi connectivity index (χ1v) is 8.51. The minimum absolute atomic E-state index is 0.0553. The molecule has 0 radical (unpaired) electrons. The fourth-order valence-corrected chi connectivity index (χ4v) is 3.01. The smallest absolute Gasteiger partial charge is 0.253 e. The molecule has 1 fully saturated rings. The number of nitrogens with zero attached hydrogens (tertiary/aromatic N) is 1. The third-order valence-corrected chi connectivity index (χ3v) is 4.50. The lowest BCUT2D eigenvalue weighted by atomic mass is 10.1. The van der Waals surface area contributed by atoms with Crippen molar-refractivity contribution in [2.24, 2.45) is 0 Å². The molecule has 3 nitrogen and oxygen atoms in total. The highest BCUT2D eigenvalue weighted by Gasteiger charge is 2.25. The summed E-state index contributed by atoms with van der Waals surface area (Å²) in [6, 6.07) is 10.2. The normalized spacial score (nSPS) is 17.6. The van der Waals surface area contributed by atoms with Gasteiger partial charge < -0.3 is 9.64 Å². The van der Waals surface area contributed by atoms with Crippen LogP contribution in [0.2, 0.25) is 5.02 Å². The van der Waals surface area contributed by atoms with Crippen molar-refractivity contribution in [2.45, 2.75) is 25.6 Å². The van der Waals surface area contributed by atoms with E-state index >= 15 is 0 Å². The predicted octanol–water partition coefficient (Wildman–Crippen LogP) is 4.44. The van der Waals surface area contributed by atoms with E-state index in [0.717, 1.165) is 18.9 Å². The van der Waals surface area contributed by atoms with E-state index in [2.05, 4.69) is 0 Å². The van der Waals surface area contributed by atoms with Crippen molar-refractivity contribution in [3.63, 3.8) is 0 Å². The van der Waals surface area contributed by atoms with E-state index < -0.39 is 11.6 Å². The Hall–Kier alpha value is -1.98. The number of piperidine rings is 1. The summed E-state index contributed by atoms with van der Waals surface area (Å²) < 4.78 is 32.4. The maximum Gasteiger partial charge on any atom is 0.253 e. The van der Waals surface area contributed by atoms with Gasteiger partial charge >= 0.3 is 0 Å². The molecule has 25 heavy (non-hydrogen) atoms. The van der Waals surface area contributed by atoms with Crippen molar-refractivity contribution in [3.8, 4) is 0 Å². The summed E-state index contributed by atoms with van der Waals surface area (Å²) in [5.41, 5.74) is 0.886. The van der Waals surface area contributed by atoms with Gasteiger partial charge in [0.05, 0.1) is 12.7 Å². The zero-order valence-electron chi connectivity index (χ0n) is 13.6. The molecule has 2 aromatic rings. The maximum atomic E-state index is 13.7. The van der Waals surface area contributed by atoms with Crippen molar-refractivity contribution in [1.82, 2.24) is 4.90 Å². The average molecular weight is 366 g/mol. The van der Waals surface area contributed by atoms with Gasteiger partial charge in [-0.15, -0.1) is 0 Å². The first kappa shape index (κ1) is 17.8. The summed E-state index contributed by atoms with van der Waals surface area (Å²) >= 11 is 5.85. The molecule has 0 spiro atoms. The van der Waals surface area contributed by atoms with Crippen LogP contribution in [-0.2, 0) is 11.3 Å². The Labute approximate surface area is 150 Å². The Morgan fingerprint density at radius 3 is 2.68 bits per heavy atom. The van der Waals surface area contributed by atoms with Gasteiger partial charge in [-0.25, -0.2) is 8.78 Å². The van der Waals surface area contributed by atoms with Crippen LogP contribution in [0.15, 0.2) is 42.5 Å². The molecule has 6 heteroatoms. The molecule has 0 N–H and O–H groups in total. The number of likely N-dealkylation sites (tertiary alicyclic amines) is 1. The van der Waals surface area contributed by atoms with Crippen LogP contribution in [0.25, 0.3) is 0 Å². The van der Waals surface area contributed by atoms with Gasteiger partial charge in [0.25, 0.3) is 5.91 Å². The van der Waals surface area contributed by atoms with Crippen molar-refractivity contribution in [2.75, 3.05) is 13.1 Å². The summed E-state index contributed by atoms with van der Waals surface area (Å²) in [5, 5.41) is 0.581. The van der Waals surface area contributed by atoms with Crippen LogP contribution in [0.4, 0.5) is 8.78 Å². The van der Waals surface area contributed by atoms with Crippen molar-refractivity contribution < 1.29 is 18.3 Å². The summed E-state index contributed by atoms with van der Waals surface area (Å²) in [7, 11) is 0. The molecule has 1 aliphatic rings. The molecule has 1 heterocycles. The molecule has 1 amide bonds. The molecule has 0 bridgehead atoms. The van der Waals surface area contributed by atoms with E-state index in [4.69, 9.17) is 16.3 Å². The van der Waals surface area contributed by atoms with Gasteiger partial charge in [-0.05, 0) is 43.2 Å². The zero-order valence-corrected chi connectivity index (χ0v) is 14.3. The maximum absolute atomic E-state index is 13.7. The second-order valence-corrected chi connectivity index (χ2v) is 6.51. The van der Waals surface area contributed by atoms with Gasteiger partial charge in [-0.1, -0.05) is 17.7 Å². The fraction of sp³-hybridized carbons (Fsp3) is 0.316. The number of benzene rings is 2. The molecule has 0 unspecified atom stereocenters. The SMILES string of the molecule is O=C(c1ccc(Cl)cc1)N1CCC[C@@H](OCc2ccc(F)cc2F)C1. The van der Waals surface area contributed by atoms with Gasteiger partial charge in [-0.3, -0.25) is 4.79 Å². The number of rotatable bonds is 4. The van der Waals surface area contributed by atoms with E-state index in [0.29, 0.717) is 29.2 Å². The second kappa shape index (κ2) is 7.93. The van der Waals surface area contributed by atoms with E-state index in [9.17, 15) is 13.6 Å². The van der Waals surface area contributed by atoms with Crippen molar-refractivity contribution in [3.05, 3.63) is 70.2 Å². The Morgan fingerprint density at radius 2 is 1.96 bits per heavy atom. The van der Waals surface area contributed by atoms with Crippen LogP contribution >= 0.6 is 11.6 Å². The van der Waals surface area contributed by atoms with Gasteiger partial charge in [0.2, 0.25) is 0 Å². The van der Waals surface area contributed by atoms with Gasteiger partial charge in [0, 0.05) is 35.3 Å². The molecule has 1 aliphatic heterocycles. The van der Waals surface area contributed by atoms with Gasteiger partial charge in [0.15, 0.2) is 0 Å². The van der Waals surface area contributed by atoms with Crippen molar-refractivity contribution >= 4 is 17.5 Å². The molecule has 0 aromatic heterocycles. The third-order valence-electron chi connectivity index (χ3n) is 4.25. The topological polar surface area (TPSA) is 29.5 Å². The minimum Gasteiger partial charge on any atom is -0.372 e. The summed E-state index contributed by atoms with van der Waals surface area (Å²) in [5.74, 6) is -1.30. The lowest BCUT2D eigenvalue weighted by Crippen LogP contribution is -2.43. The van der Waals surface area contributed by atoms with Crippen LogP contribution in [-0.4, -0.2) is 30.0 Å². The Morgan fingerprint density at radius 1 is 1.20 bits per heavy atom. The van der Waals surface area contributed by atoms with Gasteiger partial charge in [0.1, 0.15) is 11.6 Å². The number of carbonyl (C=O) groups is 1. The van der Waals surface area contributed by atoms with Crippen LogP contribution in [0.5, 0.6) is 0 Å². The second-order valence-electron chi connectivity index (χ2n) is 6.07. The number of carbonyl (C=O) groups excluding carboxylic acids is 1.